The Morgan fingerprint density at radius 3 is 2.40 bits per heavy atom. The standard InChI is InChI=1S/C32H47F2N3O3/c1-4-8-30(37-13-11-24(12-14-37)22-40-6-3)32(39)36-29(18-26-16-27(33)19-28(34)17-26)31(38)21-35-20-25-10-7-9-23(5-2)15-25/h7,9-10,15-17,19,24,29-31,35,38H,4-6,8,11-14,18,20-22H2,1-3H3,(H,36,39)/t29-,30-,31-/m0/s1. The Labute approximate surface area is 238 Å². The number of ether oxygens (including phenoxy) is 1. The molecule has 2 aromatic rings. The molecule has 1 saturated heterocycles. The molecule has 0 saturated carbocycles. The van der Waals surface area contributed by atoms with Crippen molar-refractivity contribution in [3.05, 3.63) is 70.8 Å². The van der Waals surface area contributed by atoms with Crippen molar-refractivity contribution >= 4 is 5.91 Å². The van der Waals surface area contributed by atoms with Crippen molar-refractivity contribution in [2.24, 2.45) is 5.92 Å². The first-order valence-corrected chi connectivity index (χ1v) is 14.9. The number of hydrogen-bond acceptors (Lipinski definition) is 5. The first-order valence-electron chi connectivity index (χ1n) is 14.9. The molecule has 1 aliphatic heterocycles. The summed E-state index contributed by atoms with van der Waals surface area (Å²) < 4.78 is 33.5. The fraction of sp³-hybridized carbons (Fsp3) is 0.594. The molecule has 8 heteroatoms. The van der Waals surface area contributed by atoms with E-state index in [9.17, 15) is 18.7 Å². The third-order valence-electron chi connectivity index (χ3n) is 7.76. The maximum atomic E-state index is 14.0. The zero-order valence-electron chi connectivity index (χ0n) is 24.3. The molecule has 0 bridgehead atoms. The molecule has 1 heterocycles. The molecule has 3 rings (SSSR count). The van der Waals surface area contributed by atoms with Gasteiger partial charge in [0.15, 0.2) is 0 Å². The minimum Gasteiger partial charge on any atom is -0.390 e. The molecular formula is C32H47F2N3O3. The first kappa shape index (κ1) is 32.1. The monoisotopic (exact) mass is 559 g/mol. The van der Waals surface area contributed by atoms with E-state index in [1.54, 1.807) is 0 Å². The van der Waals surface area contributed by atoms with Gasteiger partial charge in [0.25, 0.3) is 0 Å². The largest absolute Gasteiger partial charge is 0.390 e. The second kappa shape index (κ2) is 16.8. The van der Waals surface area contributed by atoms with Crippen LogP contribution < -0.4 is 10.6 Å². The quantitative estimate of drug-likeness (QED) is 0.280. The normalized spacial score (nSPS) is 16.9. The van der Waals surface area contributed by atoms with Gasteiger partial charge in [0.05, 0.1) is 18.2 Å². The van der Waals surface area contributed by atoms with E-state index in [1.165, 1.54) is 17.7 Å². The number of carbonyl (C=O) groups is 1. The smallest absolute Gasteiger partial charge is 0.237 e. The lowest BCUT2D eigenvalue weighted by atomic mass is 9.95. The van der Waals surface area contributed by atoms with Gasteiger partial charge < -0.3 is 20.5 Å². The average molecular weight is 560 g/mol. The molecular weight excluding hydrogens is 512 g/mol. The first-order chi connectivity index (χ1) is 19.3. The van der Waals surface area contributed by atoms with Crippen molar-refractivity contribution in [3.63, 3.8) is 0 Å². The number of amides is 1. The Morgan fingerprint density at radius 1 is 1.05 bits per heavy atom. The van der Waals surface area contributed by atoms with Crippen LogP contribution in [0.15, 0.2) is 42.5 Å². The minimum atomic E-state index is -0.955. The van der Waals surface area contributed by atoms with Gasteiger partial charge in [0, 0.05) is 32.4 Å². The van der Waals surface area contributed by atoms with E-state index >= 15 is 0 Å². The van der Waals surface area contributed by atoms with E-state index in [4.69, 9.17) is 4.74 Å². The highest BCUT2D eigenvalue weighted by molar-refractivity contribution is 5.82. The van der Waals surface area contributed by atoms with Crippen LogP contribution in [0.2, 0.25) is 0 Å². The number of benzene rings is 2. The van der Waals surface area contributed by atoms with Crippen LogP contribution in [0.1, 0.15) is 63.1 Å². The van der Waals surface area contributed by atoms with Crippen LogP contribution in [0.3, 0.4) is 0 Å². The Bertz CT molecular complexity index is 1030. The van der Waals surface area contributed by atoms with E-state index < -0.39 is 23.8 Å². The number of nitrogens with zero attached hydrogens (tertiary/aromatic N) is 1. The number of likely N-dealkylation sites (tertiary alicyclic amines) is 1. The summed E-state index contributed by atoms with van der Waals surface area (Å²) in [6.45, 7) is 10.0. The maximum absolute atomic E-state index is 14.0. The molecule has 3 N–H and O–H groups in total. The molecule has 222 valence electrons. The third kappa shape index (κ3) is 10.2. The van der Waals surface area contributed by atoms with Crippen molar-refractivity contribution < 1.29 is 23.4 Å². The van der Waals surface area contributed by atoms with Gasteiger partial charge in [-0.15, -0.1) is 0 Å². The third-order valence-corrected chi connectivity index (χ3v) is 7.76. The lowest BCUT2D eigenvalue weighted by Gasteiger charge is -2.37. The van der Waals surface area contributed by atoms with Crippen LogP contribution in [0.4, 0.5) is 8.78 Å². The molecule has 0 radical (unpaired) electrons. The van der Waals surface area contributed by atoms with Crippen LogP contribution in [0, 0.1) is 17.6 Å². The predicted molar refractivity (Wildman–Crippen MR) is 155 cm³/mol. The van der Waals surface area contributed by atoms with Gasteiger partial charge in [0.2, 0.25) is 5.91 Å². The summed E-state index contributed by atoms with van der Waals surface area (Å²) in [4.78, 5) is 15.9. The minimum absolute atomic E-state index is 0.115. The van der Waals surface area contributed by atoms with Crippen LogP contribution >= 0.6 is 0 Å². The van der Waals surface area contributed by atoms with Gasteiger partial charge in [-0.05, 0) is 86.9 Å². The number of aliphatic hydroxyl groups is 1. The molecule has 6 nitrogen and oxygen atoms in total. The van der Waals surface area contributed by atoms with Crippen molar-refractivity contribution in [1.82, 2.24) is 15.5 Å². The Kier molecular flexibility index (Phi) is 13.5. The summed E-state index contributed by atoms with van der Waals surface area (Å²) in [6.07, 6.45) is 3.60. The molecule has 2 aromatic carbocycles. The fourth-order valence-corrected chi connectivity index (χ4v) is 5.48. The lowest BCUT2D eigenvalue weighted by Crippen LogP contribution is -2.56. The average Bonchev–Trinajstić information content (AvgIpc) is 2.94. The van der Waals surface area contributed by atoms with E-state index in [0.29, 0.717) is 31.1 Å². The number of aryl methyl sites for hydroxylation is 1. The van der Waals surface area contributed by atoms with Crippen LogP contribution in [0.5, 0.6) is 0 Å². The summed E-state index contributed by atoms with van der Waals surface area (Å²) in [5.41, 5.74) is 2.73. The Balaban J connectivity index is 1.68. The predicted octanol–water partition coefficient (Wildman–Crippen LogP) is 4.62. The number of nitrogens with one attached hydrogen (secondary N) is 2. The number of halogens is 2. The molecule has 1 fully saturated rings. The number of carbonyl (C=O) groups excluding carboxylic acids is 1. The van der Waals surface area contributed by atoms with Gasteiger partial charge in [-0.3, -0.25) is 9.69 Å². The second-order valence-electron chi connectivity index (χ2n) is 10.9. The molecule has 1 aliphatic rings. The summed E-state index contributed by atoms with van der Waals surface area (Å²) >= 11 is 0. The summed E-state index contributed by atoms with van der Waals surface area (Å²) in [7, 11) is 0. The van der Waals surface area contributed by atoms with Gasteiger partial charge in [-0.2, -0.15) is 0 Å². The van der Waals surface area contributed by atoms with Crippen molar-refractivity contribution in [2.75, 3.05) is 32.8 Å². The zero-order chi connectivity index (χ0) is 28.9. The zero-order valence-corrected chi connectivity index (χ0v) is 24.3. The summed E-state index contributed by atoms with van der Waals surface area (Å²) in [6, 6.07) is 10.6. The number of aliphatic hydroxyl groups excluding tert-OH is 1. The fourth-order valence-electron chi connectivity index (χ4n) is 5.48. The number of rotatable bonds is 16. The van der Waals surface area contributed by atoms with Crippen molar-refractivity contribution in [2.45, 2.75) is 84.0 Å². The maximum Gasteiger partial charge on any atom is 0.237 e. The van der Waals surface area contributed by atoms with Crippen molar-refractivity contribution in [3.8, 4) is 0 Å². The van der Waals surface area contributed by atoms with Gasteiger partial charge in [0.1, 0.15) is 11.6 Å². The number of piperidine rings is 1. The highest BCUT2D eigenvalue weighted by Crippen LogP contribution is 2.22. The van der Waals surface area contributed by atoms with Crippen molar-refractivity contribution in [1.29, 1.82) is 0 Å². The number of hydrogen-bond donors (Lipinski definition) is 3. The second-order valence-corrected chi connectivity index (χ2v) is 10.9. The summed E-state index contributed by atoms with van der Waals surface area (Å²) in [5, 5.41) is 17.5. The van der Waals surface area contributed by atoms with E-state index in [2.05, 4.69) is 41.5 Å². The molecule has 0 spiro atoms. The van der Waals surface area contributed by atoms with Gasteiger partial charge in [-0.1, -0.05) is 44.5 Å². The van der Waals surface area contributed by atoms with Gasteiger partial charge >= 0.3 is 0 Å². The Morgan fingerprint density at radius 2 is 1.75 bits per heavy atom. The van der Waals surface area contributed by atoms with E-state index in [0.717, 1.165) is 57.0 Å². The van der Waals surface area contributed by atoms with E-state index in [1.807, 2.05) is 19.1 Å². The molecule has 3 atom stereocenters. The lowest BCUT2D eigenvalue weighted by molar-refractivity contribution is -0.129. The molecule has 1 amide bonds. The van der Waals surface area contributed by atoms with Crippen LogP contribution in [-0.2, 0) is 28.9 Å². The highest BCUT2D eigenvalue weighted by atomic mass is 19.1. The molecule has 0 aliphatic carbocycles. The van der Waals surface area contributed by atoms with Crippen LogP contribution in [0.25, 0.3) is 0 Å². The van der Waals surface area contributed by atoms with Gasteiger partial charge in [-0.25, -0.2) is 8.78 Å². The SMILES string of the molecule is CCC[C@@H](C(=O)N[C@@H](Cc1cc(F)cc(F)c1)[C@@H](O)CNCc1cccc(CC)c1)N1CCC(COCC)CC1. The molecule has 0 unspecified atom stereocenters. The van der Waals surface area contributed by atoms with E-state index in [-0.39, 0.29) is 24.9 Å². The summed E-state index contributed by atoms with van der Waals surface area (Å²) in [5.74, 6) is -1.01. The highest BCUT2D eigenvalue weighted by Gasteiger charge is 2.32. The Hall–Kier alpha value is -2.39. The van der Waals surface area contributed by atoms with Crippen LogP contribution in [-0.4, -0.2) is 66.9 Å². The molecule has 0 aromatic heterocycles. The molecule has 40 heavy (non-hydrogen) atoms. The topological polar surface area (TPSA) is 73.8 Å².